The first kappa shape index (κ1) is 36.9. The number of carbonyl (C=O) groups is 2. The van der Waals surface area contributed by atoms with E-state index in [-0.39, 0.29) is 60.7 Å². The van der Waals surface area contributed by atoms with Gasteiger partial charge < -0.3 is 31.5 Å². The zero-order valence-electron chi connectivity index (χ0n) is 28.1. The van der Waals surface area contributed by atoms with E-state index in [9.17, 15) is 19.5 Å². The van der Waals surface area contributed by atoms with Crippen LogP contribution in [-0.4, -0.2) is 63.6 Å². The van der Waals surface area contributed by atoms with Crippen molar-refractivity contribution in [2.75, 3.05) is 20.2 Å². The van der Waals surface area contributed by atoms with Gasteiger partial charge in [0.1, 0.15) is 11.5 Å². The number of aliphatic hydroxyl groups excluding tert-OH is 1. The smallest absolute Gasteiger partial charge is 0.262 e. The van der Waals surface area contributed by atoms with Crippen molar-refractivity contribution in [1.82, 2.24) is 30.3 Å². The number of benzene rings is 2. The molecule has 1 aliphatic heterocycles. The monoisotopic (exact) mass is 747 g/mol. The number of carbonyl (C=O) groups excluding carboxylic acids is 2. The molecule has 2 aromatic carbocycles. The molecule has 2 amide bonds. The summed E-state index contributed by atoms with van der Waals surface area (Å²) in [6.07, 6.45) is 3.13. The molecule has 4 heterocycles. The highest BCUT2D eigenvalue weighted by Gasteiger charge is 2.22. The number of rotatable bonds is 14. The molecule has 0 unspecified atom stereocenters. The minimum absolute atomic E-state index is 0.00512. The van der Waals surface area contributed by atoms with Crippen LogP contribution >= 0.6 is 23.2 Å². The van der Waals surface area contributed by atoms with Gasteiger partial charge in [-0.25, -0.2) is 14.4 Å². The zero-order chi connectivity index (χ0) is 36.9. The van der Waals surface area contributed by atoms with Gasteiger partial charge in [-0.05, 0) is 24.1 Å². The summed E-state index contributed by atoms with van der Waals surface area (Å²) in [6, 6.07) is 15.7. The second kappa shape index (κ2) is 16.2. The number of pyridine rings is 2. The Balaban J connectivity index is 1.24. The second-order valence-corrected chi connectivity index (χ2v) is 13.2. The molecule has 3 aromatic heterocycles. The van der Waals surface area contributed by atoms with Crippen molar-refractivity contribution in [2.24, 2.45) is 5.73 Å². The molecule has 1 saturated heterocycles. The molecular weight excluding hydrogens is 712 g/mol. The molecule has 0 spiro atoms. The maximum atomic E-state index is 15.5. The number of halogens is 3. The Kier molecular flexibility index (Phi) is 11.5. The lowest BCUT2D eigenvalue weighted by Gasteiger charge is -2.16. The fourth-order valence-electron chi connectivity index (χ4n) is 6.17. The van der Waals surface area contributed by atoms with Gasteiger partial charge in [0.25, 0.3) is 5.56 Å². The summed E-state index contributed by atoms with van der Waals surface area (Å²) in [6.45, 7) is 0.873. The van der Waals surface area contributed by atoms with Crippen LogP contribution in [0.15, 0.2) is 71.8 Å². The number of fused-ring (bicyclic) bond motifs is 1. The third-order valence-corrected chi connectivity index (χ3v) is 9.60. The Morgan fingerprint density at radius 3 is 2.48 bits per heavy atom. The lowest BCUT2D eigenvalue weighted by Crippen LogP contribution is -2.35. The summed E-state index contributed by atoms with van der Waals surface area (Å²) in [5.74, 6) is -1.00. The van der Waals surface area contributed by atoms with Crippen molar-refractivity contribution in [3.8, 4) is 39.4 Å². The lowest BCUT2D eigenvalue weighted by molar-refractivity contribution is -0.120. The number of nitrogens with two attached hydrogens (primary N) is 1. The van der Waals surface area contributed by atoms with Gasteiger partial charge in [-0.15, -0.1) is 0 Å². The van der Waals surface area contributed by atoms with E-state index >= 15 is 4.39 Å². The number of nitrogens with one attached hydrogen (secondary N) is 3. The van der Waals surface area contributed by atoms with Gasteiger partial charge in [-0.2, -0.15) is 0 Å². The van der Waals surface area contributed by atoms with E-state index < -0.39 is 17.8 Å². The molecule has 1 aliphatic rings. The maximum absolute atomic E-state index is 15.5. The lowest BCUT2D eigenvalue weighted by atomic mass is 9.97. The van der Waals surface area contributed by atoms with Gasteiger partial charge >= 0.3 is 0 Å². The molecule has 0 bridgehead atoms. The maximum Gasteiger partial charge on any atom is 0.262 e. The average Bonchev–Trinajstić information content (AvgIpc) is 3.54. The normalized spacial score (nSPS) is 14.8. The Bertz CT molecular complexity index is 2220. The van der Waals surface area contributed by atoms with Crippen molar-refractivity contribution >= 4 is 40.7 Å². The summed E-state index contributed by atoms with van der Waals surface area (Å²) < 4.78 is 22.4. The number of aromatic nitrogens is 3. The van der Waals surface area contributed by atoms with E-state index in [2.05, 4.69) is 25.9 Å². The molecule has 0 saturated carbocycles. The fourth-order valence-corrected chi connectivity index (χ4v) is 6.83. The van der Waals surface area contributed by atoms with E-state index in [0.717, 1.165) is 6.42 Å². The molecule has 0 radical (unpaired) electrons. The van der Waals surface area contributed by atoms with Crippen LogP contribution in [0.2, 0.25) is 10.0 Å². The minimum atomic E-state index is -0.961. The quantitative estimate of drug-likeness (QED) is 0.111. The molecule has 12 nitrogen and oxygen atoms in total. The molecule has 52 heavy (non-hydrogen) atoms. The largest absolute Gasteiger partial charge is 0.481 e. The second-order valence-electron chi connectivity index (χ2n) is 12.4. The van der Waals surface area contributed by atoms with E-state index in [4.69, 9.17) is 33.7 Å². The van der Waals surface area contributed by atoms with Crippen LogP contribution in [0, 0.1) is 5.82 Å². The van der Waals surface area contributed by atoms with E-state index in [0.29, 0.717) is 62.0 Å². The molecule has 5 aromatic rings. The number of ether oxygens (including phenoxy) is 1. The van der Waals surface area contributed by atoms with Crippen LogP contribution < -0.4 is 32.0 Å². The topological polar surface area (TPSA) is 173 Å². The SMILES string of the molecule is COc1nc(-c2cccc(-c3cccc(-c4ccn5c(=O)c(CNC[C@H](O)CC(N)=O)cnc5c4)c3Cl)c2Cl)cc(F)c1CNC[C@@H]1CCC(=O)N1. The van der Waals surface area contributed by atoms with Crippen LogP contribution in [0.1, 0.15) is 30.4 Å². The van der Waals surface area contributed by atoms with Crippen LogP contribution in [0.25, 0.3) is 39.2 Å². The predicted octanol–water partition coefficient (Wildman–Crippen LogP) is 4.24. The Morgan fingerprint density at radius 2 is 1.79 bits per heavy atom. The number of nitrogens with zero attached hydrogens (tertiary/aromatic N) is 3. The van der Waals surface area contributed by atoms with Gasteiger partial charge in [-0.1, -0.05) is 59.6 Å². The first-order valence-corrected chi connectivity index (χ1v) is 17.3. The summed E-state index contributed by atoms with van der Waals surface area (Å²) >= 11 is 14.0. The first-order valence-electron chi connectivity index (χ1n) is 16.5. The summed E-state index contributed by atoms with van der Waals surface area (Å²) in [4.78, 5) is 44.7. The molecule has 6 rings (SSSR count). The van der Waals surface area contributed by atoms with Crippen molar-refractivity contribution in [3.63, 3.8) is 0 Å². The Labute approximate surface area is 308 Å². The standard InChI is InChI=1S/C37H36Cl2FN7O5/c1-52-36-28(19-43-17-22-8-9-33(50)45-22)29(40)14-30(46-36)27-7-3-6-26(35(27)39)25-5-2-4-24(34(25)38)20-10-11-47-32(12-20)44-16-21(37(47)51)15-42-18-23(48)13-31(41)49/h2-7,10-12,14,16,22-23,42-43,48H,8-9,13,15,17-19H2,1H3,(H2,41,49)(H,45,50)/t22-,23+/m0/s1. The molecule has 2 atom stereocenters. The van der Waals surface area contributed by atoms with Crippen LogP contribution in [0.4, 0.5) is 4.39 Å². The number of hydrogen-bond acceptors (Lipinski definition) is 9. The summed E-state index contributed by atoms with van der Waals surface area (Å²) in [5.41, 5.74) is 9.22. The summed E-state index contributed by atoms with van der Waals surface area (Å²) in [5, 5.41) is 19.6. The number of methoxy groups -OCH3 is 1. The molecule has 270 valence electrons. The van der Waals surface area contributed by atoms with Gasteiger partial charge in [0.15, 0.2) is 0 Å². The molecule has 15 heteroatoms. The molecule has 0 aliphatic carbocycles. The average molecular weight is 749 g/mol. The van der Waals surface area contributed by atoms with Crippen molar-refractivity contribution in [2.45, 2.75) is 44.5 Å². The highest BCUT2D eigenvalue weighted by molar-refractivity contribution is 6.39. The Hall–Kier alpha value is -4.92. The molecule has 6 N–H and O–H groups in total. The van der Waals surface area contributed by atoms with E-state index in [1.807, 2.05) is 24.3 Å². The van der Waals surface area contributed by atoms with Crippen molar-refractivity contribution < 1.29 is 23.8 Å². The number of amides is 2. The van der Waals surface area contributed by atoms with Crippen LogP contribution in [-0.2, 0) is 22.7 Å². The van der Waals surface area contributed by atoms with Gasteiger partial charge in [0, 0.05) is 84.9 Å². The summed E-state index contributed by atoms with van der Waals surface area (Å²) in [7, 11) is 1.42. The van der Waals surface area contributed by atoms with E-state index in [1.165, 1.54) is 23.8 Å². The Morgan fingerprint density at radius 1 is 1.08 bits per heavy atom. The fraction of sp³-hybridized carbons (Fsp3) is 0.270. The predicted molar refractivity (Wildman–Crippen MR) is 196 cm³/mol. The highest BCUT2D eigenvalue weighted by atomic mass is 35.5. The third kappa shape index (κ3) is 8.09. The molecule has 1 fully saturated rings. The van der Waals surface area contributed by atoms with Gasteiger partial charge in [-0.3, -0.25) is 18.8 Å². The molecular formula is C37H36Cl2FN7O5. The minimum Gasteiger partial charge on any atom is -0.481 e. The van der Waals surface area contributed by atoms with Crippen molar-refractivity contribution in [3.05, 3.63) is 104 Å². The van der Waals surface area contributed by atoms with Gasteiger partial charge in [0.05, 0.1) is 40.9 Å². The van der Waals surface area contributed by atoms with Gasteiger partial charge in [0.2, 0.25) is 17.7 Å². The van der Waals surface area contributed by atoms with Crippen molar-refractivity contribution in [1.29, 1.82) is 0 Å². The number of hydrogen-bond donors (Lipinski definition) is 5. The zero-order valence-corrected chi connectivity index (χ0v) is 29.6. The first-order chi connectivity index (χ1) is 25.0. The number of primary amides is 1. The van der Waals surface area contributed by atoms with E-state index in [1.54, 1.807) is 30.5 Å². The van der Waals surface area contributed by atoms with Crippen LogP contribution in [0.5, 0.6) is 5.88 Å². The van der Waals surface area contributed by atoms with Crippen LogP contribution in [0.3, 0.4) is 0 Å². The third-order valence-electron chi connectivity index (χ3n) is 8.79. The highest BCUT2D eigenvalue weighted by Crippen LogP contribution is 2.42. The number of aliphatic hydroxyl groups is 1.